The maximum absolute atomic E-state index is 11.8. The fourth-order valence-corrected chi connectivity index (χ4v) is 2.68. The van der Waals surface area contributed by atoms with Crippen LogP contribution in [-0.4, -0.2) is 27.8 Å². The molecule has 82 valence electrons. The van der Waals surface area contributed by atoms with Crippen molar-refractivity contribution in [3.8, 4) is 0 Å². The Morgan fingerprint density at radius 1 is 1.36 bits per heavy atom. The molecule has 1 unspecified atom stereocenters. The summed E-state index contributed by atoms with van der Waals surface area (Å²) < 4.78 is 0. The highest BCUT2D eigenvalue weighted by molar-refractivity contribution is 6.27. The first-order chi connectivity index (χ1) is 6.37. The second kappa shape index (κ2) is 3.73. The molecule has 0 saturated carbocycles. The van der Waals surface area contributed by atoms with Crippen molar-refractivity contribution in [3.63, 3.8) is 0 Å². The van der Waals surface area contributed by atoms with Gasteiger partial charge in [-0.3, -0.25) is 4.79 Å². The van der Waals surface area contributed by atoms with Crippen LogP contribution in [0.1, 0.15) is 47.0 Å². The summed E-state index contributed by atoms with van der Waals surface area (Å²) in [5.74, 6) is 0.164. The Labute approximate surface area is 91.6 Å². The van der Waals surface area contributed by atoms with Crippen molar-refractivity contribution in [3.05, 3.63) is 0 Å². The van der Waals surface area contributed by atoms with Gasteiger partial charge in [-0.05, 0) is 40.0 Å². The van der Waals surface area contributed by atoms with Gasteiger partial charge in [0.2, 0.25) is 5.91 Å². The third-order valence-corrected chi connectivity index (χ3v) is 3.77. The normalized spacial score (nSPS) is 30.8. The van der Waals surface area contributed by atoms with Crippen LogP contribution in [0.25, 0.3) is 0 Å². The standard InChI is InChI=1S/C11H20ClNO/c1-5-11(4)7-6-10(2,3)13(11)9(14)8-12/h5-8H2,1-4H3. The van der Waals surface area contributed by atoms with E-state index in [1.54, 1.807) is 0 Å². The Bertz CT molecular complexity index is 239. The maximum atomic E-state index is 11.8. The SMILES string of the molecule is CCC1(C)CCC(C)(C)N1C(=O)CCl. The predicted molar refractivity (Wildman–Crippen MR) is 59.6 cm³/mol. The van der Waals surface area contributed by atoms with Crippen molar-refractivity contribution in [1.82, 2.24) is 4.90 Å². The number of amides is 1. The third kappa shape index (κ3) is 1.77. The number of halogens is 1. The number of rotatable bonds is 2. The van der Waals surface area contributed by atoms with E-state index in [1.165, 1.54) is 0 Å². The van der Waals surface area contributed by atoms with Gasteiger partial charge in [-0.15, -0.1) is 11.6 Å². The van der Waals surface area contributed by atoms with E-state index >= 15 is 0 Å². The fraction of sp³-hybridized carbons (Fsp3) is 0.909. The molecule has 0 aromatic heterocycles. The lowest BCUT2D eigenvalue weighted by Gasteiger charge is -2.42. The highest BCUT2D eigenvalue weighted by Crippen LogP contribution is 2.42. The number of carbonyl (C=O) groups is 1. The molecular weight excluding hydrogens is 198 g/mol. The minimum absolute atomic E-state index is 0.00940. The van der Waals surface area contributed by atoms with Crippen LogP contribution >= 0.6 is 11.6 Å². The molecule has 1 heterocycles. The average molecular weight is 218 g/mol. The quantitative estimate of drug-likeness (QED) is 0.652. The van der Waals surface area contributed by atoms with Crippen LogP contribution in [0.4, 0.5) is 0 Å². The topological polar surface area (TPSA) is 20.3 Å². The van der Waals surface area contributed by atoms with E-state index < -0.39 is 0 Å². The molecule has 0 aromatic carbocycles. The molecule has 0 N–H and O–H groups in total. The lowest BCUT2D eigenvalue weighted by atomic mass is 9.96. The highest BCUT2D eigenvalue weighted by Gasteiger charge is 2.48. The fourth-order valence-electron chi connectivity index (χ4n) is 2.56. The zero-order valence-corrected chi connectivity index (χ0v) is 10.3. The molecule has 1 aliphatic rings. The summed E-state index contributed by atoms with van der Waals surface area (Å²) in [6.45, 7) is 8.54. The summed E-state index contributed by atoms with van der Waals surface area (Å²) in [6.07, 6.45) is 3.15. The van der Waals surface area contributed by atoms with Crippen molar-refractivity contribution in [2.75, 3.05) is 5.88 Å². The van der Waals surface area contributed by atoms with E-state index in [0.29, 0.717) is 0 Å². The Morgan fingerprint density at radius 3 is 2.36 bits per heavy atom. The summed E-state index contributed by atoms with van der Waals surface area (Å²) in [5, 5.41) is 0. The van der Waals surface area contributed by atoms with Crippen LogP contribution in [0.3, 0.4) is 0 Å². The summed E-state index contributed by atoms with van der Waals surface area (Å²) in [6, 6.07) is 0. The van der Waals surface area contributed by atoms with Gasteiger partial charge >= 0.3 is 0 Å². The minimum atomic E-state index is -0.0310. The van der Waals surface area contributed by atoms with Crippen LogP contribution in [0, 0.1) is 0 Å². The van der Waals surface area contributed by atoms with Gasteiger partial charge in [-0.2, -0.15) is 0 Å². The zero-order chi connectivity index (χ0) is 11.0. The van der Waals surface area contributed by atoms with Gasteiger partial charge in [-0.1, -0.05) is 6.92 Å². The number of hydrogen-bond acceptors (Lipinski definition) is 1. The zero-order valence-electron chi connectivity index (χ0n) is 9.56. The number of likely N-dealkylation sites (tertiary alicyclic amines) is 1. The van der Waals surface area contributed by atoms with E-state index in [-0.39, 0.29) is 22.9 Å². The van der Waals surface area contributed by atoms with Crippen molar-refractivity contribution in [1.29, 1.82) is 0 Å². The van der Waals surface area contributed by atoms with Crippen LogP contribution in [0.2, 0.25) is 0 Å². The molecule has 0 aliphatic carbocycles. The lowest BCUT2D eigenvalue weighted by molar-refractivity contribution is -0.137. The first-order valence-corrected chi connectivity index (χ1v) is 5.80. The molecule has 3 heteroatoms. The van der Waals surface area contributed by atoms with E-state index in [2.05, 4.69) is 27.7 Å². The smallest absolute Gasteiger partial charge is 0.238 e. The Hall–Kier alpha value is -0.240. The average Bonchev–Trinajstić information content (AvgIpc) is 2.38. The first kappa shape index (κ1) is 11.8. The first-order valence-electron chi connectivity index (χ1n) is 5.26. The van der Waals surface area contributed by atoms with Crippen LogP contribution in [0.15, 0.2) is 0 Å². The second-order valence-electron chi connectivity index (χ2n) is 5.03. The number of alkyl halides is 1. The van der Waals surface area contributed by atoms with E-state index in [0.717, 1.165) is 19.3 Å². The maximum Gasteiger partial charge on any atom is 0.238 e. The second-order valence-corrected chi connectivity index (χ2v) is 5.29. The van der Waals surface area contributed by atoms with Gasteiger partial charge < -0.3 is 4.90 Å². The minimum Gasteiger partial charge on any atom is -0.331 e. The lowest BCUT2D eigenvalue weighted by Crippen LogP contribution is -2.53. The van der Waals surface area contributed by atoms with Crippen molar-refractivity contribution in [2.45, 2.75) is 58.0 Å². The Balaban J connectivity index is 2.98. The van der Waals surface area contributed by atoms with Gasteiger partial charge in [0.1, 0.15) is 5.88 Å². The van der Waals surface area contributed by atoms with E-state index in [4.69, 9.17) is 11.6 Å². The van der Waals surface area contributed by atoms with Gasteiger partial charge in [0.15, 0.2) is 0 Å². The van der Waals surface area contributed by atoms with E-state index in [9.17, 15) is 4.79 Å². The molecule has 1 rings (SSSR count). The summed E-state index contributed by atoms with van der Waals surface area (Å²) >= 11 is 5.65. The van der Waals surface area contributed by atoms with Crippen molar-refractivity contribution >= 4 is 17.5 Å². The highest BCUT2D eigenvalue weighted by atomic mass is 35.5. The molecule has 2 nitrogen and oxygen atoms in total. The number of nitrogens with zero attached hydrogens (tertiary/aromatic N) is 1. The Morgan fingerprint density at radius 2 is 1.93 bits per heavy atom. The van der Waals surface area contributed by atoms with Crippen molar-refractivity contribution in [2.24, 2.45) is 0 Å². The molecule has 1 fully saturated rings. The van der Waals surface area contributed by atoms with Gasteiger partial charge in [-0.25, -0.2) is 0 Å². The molecule has 1 aliphatic heterocycles. The molecule has 0 aromatic rings. The molecular formula is C11H20ClNO. The molecule has 0 radical (unpaired) electrons. The van der Waals surface area contributed by atoms with Crippen molar-refractivity contribution < 1.29 is 4.79 Å². The van der Waals surface area contributed by atoms with Gasteiger partial charge in [0.05, 0.1) is 0 Å². The molecule has 0 spiro atoms. The molecule has 1 saturated heterocycles. The summed E-state index contributed by atoms with van der Waals surface area (Å²) in [5.41, 5.74) is -0.0216. The largest absolute Gasteiger partial charge is 0.331 e. The van der Waals surface area contributed by atoms with Gasteiger partial charge in [0, 0.05) is 11.1 Å². The van der Waals surface area contributed by atoms with Crippen LogP contribution in [-0.2, 0) is 4.79 Å². The Kier molecular flexibility index (Phi) is 3.15. The molecule has 1 amide bonds. The van der Waals surface area contributed by atoms with E-state index in [1.807, 2.05) is 4.90 Å². The number of carbonyl (C=O) groups excluding carboxylic acids is 1. The summed E-state index contributed by atoms with van der Waals surface area (Å²) in [4.78, 5) is 13.8. The molecule has 14 heavy (non-hydrogen) atoms. The predicted octanol–water partition coefficient (Wildman–Crippen LogP) is 2.79. The molecule has 1 atom stereocenters. The summed E-state index contributed by atoms with van der Waals surface area (Å²) in [7, 11) is 0. The number of hydrogen-bond donors (Lipinski definition) is 0. The molecule has 0 bridgehead atoms. The van der Waals surface area contributed by atoms with Crippen LogP contribution < -0.4 is 0 Å². The van der Waals surface area contributed by atoms with Crippen LogP contribution in [0.5, 0.6) is 0 Å². The monoisotopic (exact) mass is 217 g/mol. The van der Waals surface area contributed by atoms with Gasteiger partial charge in [0.25, 0.3) is 0 Å². The third-order valence-electron chi connectivity index (χ3n) is 3.55.